The van der Waals surface area contributed by atoms with Gasteiger partial charge in [0.25, 0.3) is 0 Å². The van der Waals surface area contributed by atoms with Crippen LogP contribution in [0.3, 0.4) is 0 Å². The second kappa shape index (κ2) is 7.17. The molecule has 0 aromatic heterocycles. The van der Waals surface area contributed by atoms with Gasteiger partial charge in [-0.25, -0.2) is 9.59 Å². The highest BCUT2D eigenvalue weighted by molar-refractivity contribution is 5.83. The summed E-state index contributed by atoms with van der Waals surface area (Å²) in [6, 6.07) is -1.34. The highest BCUT2D eigenvalue weighted by Gasteiger charge is 2.38. The van der Waals surface area contributed by atoms with Crippen molar-refractivity contribution in [2.75, 3.05) is 26.2 Å². The predicted octanol–water partition coefficient (Wildman–Crippen LogP) is -0.785. The molecular weight excluding hydrogens is 238 g/mol. The van der Waals surface area contributed by atoms with Crippen LogP contribution in [-0.4, -0.2) is 65.4 Å². The van der Waals surface area contributed by atoms with Gasteiger partial charge in [-0.15, -0.1) is 0 Å². The fourth-order valence-electron chi connectivity index (χ4n) is 1.96. The Morgan fingerprint density at radius 1 is 1.39 bits per heavy atom. The number of hydrogen-bond donors (Lipinski definition) is 4. The summed E-state index contributed by atoms with van der Waals surface area (Å²) in [6.07, 6.45) is 0.132. The summed E-state index contributed by atoms with van der Waals surface area (Å²) in [4.78, 5) is 23.9. The molecule has 1 rings (SSSR count). The number of carbonyl (C=O) groups is 2. The summed E-state index contributed by atoms with van der Waals surface area (Å²) in [7, 11) is 0. The number of carbonyl (C=O) groups excluding carboxylic acids is 1. The third-order valence-corrected chi connectivity index (χ3v) is 2.88. The van der Waals surface area contributed by atoms with Crippen LogP contribution < -0.4 is 10.6 Å². The molecule has 2 amide bonds. The maximum absolute atomic E-state index is 11.8. The SMILES string of the molecule is CCNCCCNC(=O)N1C[C@H](O)C[C@H]1C(=O)O. The predicted molar refractivity (Wildman–Crippen MR) is 65.3 cm³/mol. The smallest absolute Gasteiger partial charge is 0.326 e. The lowest BCUT2D eigenvalue weighted by Crippen LogP contribution is -2.46. The van der Waals surface area contributed by atoms with Crippen LogP contribution in [0.4, 0.5) is 4.79 Å². The minimum atomic E-state index is -1.07. The minimum Gasteiger partial charge on any atom is -0.480 e. The molecule has 1 aliphatic heterocycles. The number of β-amino-alcohol motifs (C(OH)–C–C–N with tert-alkyl or cyclic N) is 1. The van der Waals surface area contributed by atoms with Crippen LogP contribution in [0, 0.1) is 0 Å². The number of rotatable bonds is 6. The van der Waals surface area contributed by atoms with Gasteiger partial charge in [0.1, 0.15) is 6.04 Å². The Kier molecular flexibility index (Phi) is 5.87. The van der Waals surface area contributed by atoms with E-state index in [0.29, 0.717) is 6.54 Å². The van der Waals surface area contributed by atoms with E-state index in [1.165, 1.54) is 4.90 Å². The molecule has 1 saturated heterocycles. The first-order valence-electron chi connectivity index (χ1n) is 6.22. The molecule has 0 radical (unpaired) electrons. The van der Waals surface area contributed by atoms with E-state index in [4.69, 9.17) is 5.11 Å². The number of carboxylic acid groups (broad SMARTS) is 1. The van der Waals surface area contributed by atoms with E-state index < -0.39 is 24.1 Å². The van der Waals surface area contributed by atoms with Gasteiger partial charge in [0.05, 0.1) is 6.10 Å². The zero-order chi connectivity index (χ0) is 13.5. The first-order chi connectivity index (χ1) is 8.56. The molecule has 0 spiro atoms. The van der Waals surface area contributed by atoms with Gasteiger partial charge in [-0.1, -0.05) is 6.92 Å². The van der Waals surface area contributed by atoms with Gasteiger partial charge >= 0.3 is 12.0 Å². The molecule has 4 N–H and O–H groups in total. The van der Waals surface area contributed by atoms with E-state index in [2.05, 4.69) is 10.6 Å². The van der Waals surface area contributed by atoms with Crippen molar-refractivity contribution < 1.29 is 19.8 Å². The number of hydrogen-bond acceptors (Lipinski definition) is 4. The Bertz CT molecular complexity index is 298. The second-order valence-electron chi connectivity index (χ2n) is 4.33. The van der Waals surface area contributed by atoms with Crippen molar-refractivity contribution in [2.45, 2.75) is 31.9 Å². The van der Waals surface area contributed by atoms with Crippen molar-refractivity contribution in [1.29, 1.82) is 0 Å². The molecule has 7 heteroatoms. The topological polar surface area (TPSA) is 102 Å². The Balaban J connectivity index is 2.33. The van der Waals surface area contributed by atoms with E-state index >= 15 is 0 Å². The van der Waals surface area contributed by atoms with Crippen LogP contribution in [0.15, 0.2) is 0 Å². The molecule has 1 fully saturated rings. The number of nitrogens with one attached hydrogen (secondary N) is 2. The summed E-state index contributed by atoms with van der Waals surface area (Å²) in [5.41, 5.74) is 0. The fraction of sp³-hybridized carbons (Fsp3) is 0.818. The number of urea groups is 1. The molecule has 0 aromatic rings. The van der Waals surface area contributed by atoms with Gasteiger partial charge in [-0.2, -0.15) is 0 Å². The molecule has 0 unspecified atom stereocenters. The van der Waals surface area contributed by atoms with Crippen LogP contribution in [0.25, 0.3) is 0 Å². The molecule has 0 aliphatic carbocycles. The average Bonchev–Trinajstić information content (AvgIpc) is 2.71. The first-order valence-corrected chi connectivity index (χ1v) is 6.22. The highest BCUT2D eigenvalue weighted by Crippen LogP contribution is 2.17. The van der Waals surface area contributed by atoms with Crippen LogP contribution >= 0.6 is 0 Å². The Hall–Kier alpha value is -1.34. The van der Waals surface area contributed by atoms with E-state index in [-0.39, 0.29) is 13.0 Å². The lowest BCUT2D eigenvalue weighted by molar-refractivity contribution is -0.141. The van der Waals surface area contributed by atoms with Crippen LogP contribution in [0.5, 0.6) is 0 Å². The van der Waals surface area contributed by atoms with E-state index in [0.717, 1.165) is 19.5 Å². The Labute approximate surface area is 106 Å². The summed E-state index contributed by atoms with van der Waals surface area (Å²) >= 11 is 0. The maximum atomic E-state index is 11.8. The second-order valence-corrected chi connectivity index (χ2v) is 4.33. The Morgan fingerprint density at radius 3 is 2.72 bits per heavy atom. The fourth-order valence-corrected chi connectivity index (χ4v) is 1.96. The number of aliphatic hydroxyl groups excluding tert-OH is 1. The number of amides is 2. The van der Waals surface area contributed by atoms with Crippen molar-refractivity contribution in [3.63, 3.8) is 0 Å². The van der Waals surface area contributed by atoms with Crippen molar-refractivity contribution in [1.82, 2.24) is 15.5 Å². The molecule has 1 heterocycles. The molecule has 7 nitrogen and oxygen atoms in total. The highest BCUT2D eigenvalue weighted by atomic mass is 16.4. The van der Waals surface area contributed by atoms with Crippen molar-refractivity contribution in [3.05, 3.63) is 0 Å². The van der Waals surface area contributed by atoms with E-state index in [9.17, 15) is 14.7 Å². The van der Waals surface area contributed by atoms with Crippen LogP contribution in [0.2, 0.25) is 0 Å². The normalized spacial score (nSPS) is 23.1. The molecule has 2 atom stereocenters. The van der Waals surface area contributed by atoms with Crippen molar-refractivity contribution in [2.24, 2.45) is 0 Å². The minimum absolute atomic E-state index is 0.0794. The lowest BCUT2D eigenvalue weighted by Gasteiger charge is -2.21. The van der Waals surface area contributed by atoms with Crippen molar-refractivity contribution >= 4 is 12.0 Å². The molecule has 104 valence electrons. The summed E-state index contributed by atoms with van der Waals surface area (Å²) in [5.74, 6) is -1.07. The van der Waals surface area contributed by atoms with Gasteiger partial charge in [0.15, 0.2) is 0 Å². The monoisotopic (exact) mass is 259 g/mol. The molecule has 0 bridgehead atoms. The van der Waals surface area contributed by atoms with E-state index in [1.54, 1.807) is 0 Å². The summed E-state index contributed by atoms with van der Waals surface area (Å²) < 4.78 is 0. The Morgan fingerprint density at radius 2 is 2.11 bits per heavy atom. The zero-order valence-electron chi connectivity index (χ0n) is 10.6. The van der Waals surface area contributed by atoms with Gasteiger partial charge < -0.3 is 25.7 Å². The third-order valence-electron chi connectivity index (χ3n) is 2.88. The number of aliphatic hydroxyl groups is 1. The molecule has 0 aromatic carbocycles. The molecule has 18 heavy (non-hydrogen) atoms. The molecular formula is C11H21N3O4. The number of likely N-dealkylation sites (tertiary alicyclic amines) is 1. The quantitative estimate of drug-likeness (QED) is 0.468. The lowest BCUT2D eigenvalue weighted by atomic mass is 10.2. The van der Waals surface area contributed by atoms with E-state index in [1.807, 2.05) is 6.92 Å². The van der Waals surface area contributed by atoms with Gasteiger partial charge in [-0.05, 0) is 19.5 Å². The number of carboxylic acids is 1. The third kappa shape index (κ3) is 4.15. The standard InChI is InChI=1S/C11H21N3O4/c1-2-12-4-3-5-13-11(18)14-7-8(15)6-9(14)10(16)17/h8-9,12,15H,2-7H2,1H3,(H,13,18)(H,16,17)/t8-,9+/m1/s1. The maximum Gasteiger partial charge on any atom is 0.326 e. The van der Waals surface area contributed by atoms with Crippen LogP contribution in [0.1, 0.15) is 19.8 Å². The van der Waals surface area contributed by atoms with Crippen molar-refractivity contribution in [3.8, 4) is 0 Å². The molecule has 0 saturated carbocycles. The number of nitrogens with zero attached hydrogens (tertiary/aromatic N) is 1. The largest absolute Gasteiger partial charge is 0.480 e. The summed E-state index contributed by atoms with van der Waals surface area (Å²) in [5, 5.41) is 24.2. The van der Waals surface area contributed by atoms with Crippen LogP contribution in [-0.2, 0) is 4.79 Å². The number of aliphatic carboxylic acids is 1. The first kappa shape index (κ1) is 14.7. The zero-order valence-corrected chi connectivity index (χ0v) is 10.6. The molecule has 1 aliphatic rings. The summed E-state index contributed by atoms with van der Waals surface area (Å²) in [6.45, 7) is 4.26. The average molecular weight is 259 g/mol. The van der Waals surface area contributed by atoms with Gasteiger partial charge in [-0.3, -0.25) is 0 Å². The van der Waals surface area contributed by atoms with Gasteiger partial charge in [0, 0.05) is 19.5 Å². The van der Waals surface area contributed by atoms with Gasteiger partial charge in [0.2, 0.25) is 0 Å².